The molecule has 1 aromatic rings. The number of hydrogen-bond acceptors (Lipinski definition) is 4. The van der Waals surface area contributed by atoms with E-state index in [-0.39, 0.29) is 40.1 Å². The van der Waals surface area contributed by atoms with Crippen molar-refractivity contribution in [2.45, 2.75) is 4.90 Å². The fourth-order valence-electron chi connectivity index (χ4n) is 0.822. The Morgan fingerprint density at radius 1 is 1.36 bits per heavy atom. The molecule has 0 aromatic heterocycles. The minimum Gasteiger partial charge on any atom is -0.744 e. The Kier molecular flexibility index (Phi) is 5.28. The molecular formula is C7H4ClNaO4S. The molecule has 7 heteroatoms. The van der Waals surface area contributed by atoms with Crippen LogP contribution in [0.25, 0.3) is 0 Å². The van der Waals surface area contributed by atoms with Crippen LogP contribution in [0.5, 0.6) is 0 Å². The van der Waals surface area contributed by atoms with Gasteiger partial charge in [0.25, 0.3) is 0 Å². The van der Waals surface area contributed by atoms with Crippen molar-refractivity contribution >= 4 is 28.0 Å². The standard InChI is InChI=1S/C7H5ClO4S.Na/c8-6-2-1-5(4-9)7(3-6)13(10,11)12;/h1-4H,(H,10,11,12);/q;+1/p-1. The first-order chi connectivity index (χ1) is 5.95. The second kappa shape index (κ2) is 5.25. The van der Waals surface area contributed by atoms with Crippen LogP contribution in [0.3, 0.4) is 0 Å². The van der Waals surface area contributed by atoms with Gasteiger partial charge in [0.2, 0.25) is 0 Å². The van der Waals surface area contributed by atoms with Crippen molar-refractivity contribution in [3.8, 4) is 0 Å². The van der Waals surface area contributed by atoms with E-state index in [1.807, 2.05) is 0 Å². The molecule has 4 nitrogen and oxygen atoms in total. The predicted octanol–water partition coefficient (Wildman–Crippen LogP) is -1.94. The summed E-state index contributed by atoms with van der Waals surface area (Å²) in [6.07, 6.45) is 0.293. The Morgan fingerprint density at radius 2 is 1.93 bits per heavy atom. The van der Waals surface area contributed by atoms with E-state index in [4.69, 9.17) is 11.6 Å². The van der Waals surface area contributed by atoms with Crippen molar-refractivity contribution in [1.82, 2.24) is 0 Å². The summed E-state index contributed by atoms with van der Waals surface area (Å²) in [4.78, 5) is 9.75. The molecule has 0 unspecified atom stereocenters. The van der Waals surface area contributed by atoms with Gasteiger partial charge in [0, 0.05) is 10.6 Å². The molecule has 0 atom stereocenters. The topological polar surface area (TPSA) is 74.3 Å². The number of hydrogen-bond donors (Lipinski definition) is 0. The monoisotopic (exact) mass is 242 g/mol. The summed E-state index contributed by atoms with van der Waals surface area (Å²) >= 11 is 5.46. The predicted molar refractivity (Wildman–Crippen MR) is 44.8 cm³/mol. The number of rotatable bonds is 2. The van der Waals surface area contributed by atoms with E-state index in [0.717, 1.165) is 6.07 Å². The number of aldehydes is 1. The second-order valence-corrected chi connectivity index (χ2v) is 4.04. The fourth-order valence-corrected chi connectivity index (χ4v) is 1.74. The second-order valence-electron chi connectivity index (χ2n) is 2.25. The van der Waals surface area contributed by atoms with Crippen LogP contribution in [0.15, 0.2) is 23.1 Å². The molecular weight excluding hydrogens is 239 g/mol. The third-order valence-electron chi connectivity index (χ3n) is 1.37. The van der Waals surface area contributed by atoms with Crippen LogP contribution >= 0.6 is 11.6 Å². The summed E-state index contributed by atoms with van der Waals surface area (Å²) in [6, 6.07) is 3.47. The van der Waals surface area contributed by atoms with E-state index in [0.29, 0.717) is 6.29 Å². The molecule has 0 fully saturated rings. The molecule has 70 valence electrons. The first kappa shape index (κ1) is 14.1. The van der Waals surface area contributed by atoms with Gasteiger partial charge in [0.1, 0.15) is 10.1 Å². The van der Waals surface area contributed by atoms with Crippen molar-refractivity contribution in [1.29, 1.82) is 0 Å². The fraction of sp³-hybridized carbons (Fsp3) is 0. The van der Waals surface area contributed by atoms with Crippen LogP contribution in [0, 0.1) is 0 Å². The summed E-state index contributed by atoms with van der Waals surface area (Å²) in [7, 11) is -4.63. The maximum absolute atomic E-state index is 10.6. The molecule has 1 aromatic carbocycles. The van der Waals surface area contributed by atoms with Crippen molar-refractivity contribution in [2.24, 2.45) is 0 Å². The quantitative estimate of drug-likeness (QED) is 0.344. The van der Waals surface area contributed by atoms with E-state index < -0.39 is 15.0 Å². The van der Waals surface area contributed by atoms with E-state index >= 15 is 0 Å². The SMILES string of the molecule is O=Cc1ccc(Cl)cc1S(=O)(=O)[O-].[Na+]. The van der Waals surface area contributed by atoms with Crippen LogP contribution in [-0.2, 0) is 10.1 Å². The molecule has 0 bridgehead atoms. The van der Waals surface area contributed by atoms with Crippen LogP contribution in [0.4, 0.5) is 0 Å². The summed E-state index contributed by atoms with van der Waals surface area (Å²) in [5, 5.41) is 0.0972. The largest absolute Gasteiger partial charge is 1.00 e. The van der Waals surface area contributed by atoms with Gasteiger partial charge in [-0.25, -0.2) is 8.42 Å². The number of carbonyl (C=O) groups is 1. The Morgan fingerprint density at radius 3 is 2.36 bits per heavy atom. The molecule has 0 radical (unpaired) electrons. The van der Waals surface area contributed by atoms with Gasteiger partial charge < -0.3 is 4.55 Å². The van der Waals surface area contributed by atoms with Crippen molar-refractivity contribution in [3.05, 3.63) is 28.8 Å². The van der Waals surface area contributed by atoms with Crippen molar-refractivity contribution in [2.75, 3.05) is 0 Å². The van der Waals surface area contributed by atoms with Crippen LogP contribution in [-0.4, -0.2) is 19.3 Å². The maximum Gasteiger partial charge on any atom is 1.00 e. The Bertz CT molecular complexity index is 443. The van der Waals surface area contributed by atoms with Crippen LogP contribution in [0.1, 0.15) is 10.4 Å². The van der Waals surface area contributed by atoms with Gasteiger partial charge >= 0.3 is 29.6 Å². The van der Waals surface area contributed by atoms with Crippen molar-refractivity contribution in [3.63, 3.8) is 0 Å². The average Bonchev–Trinajstić information content (AvgIpc) is 2.03. The molecule has 0 aliphatic carbocycles. The molecule has 1 rings (SSSR count). The average molecular weight is 243 g/mol. The van der Waals surface area contributed by atoms with E-state index in [2.05, 4.69) is 0 Å². The van der Waals surface area contributed by atoms with Crippen LogP contribution < -0.4 is 29.6 Å². The Labute approximate surface area is 108 Å². The minimum atomic E-state index is -4.63. The molecule has 0 saturated carbocycles. The van der Waals surface area contributed by atoms with Crippen molar-refractivity contribution < 1.29 is 47.3 Å². The van der Waals surface area contributed by atoms with Gasteiger partial charge in [-0.05, 0) is 18.2 Å². The van der Waals surface area contributed by atoms with Crippen LogP contribution in [0.2, 0.25) is 5.02 Å². The molecule has 0 N–H and O–H groups in total. The van der Waals surface area contributed by atoms with Gasteiger partial charge in [0.15, 0.2) is 6.29 Å². The zero-order chi connectivity index (χ0) is 10.1. The molecule has 0 heterocycles. The maximum atomic E-state index is 10.6. The summed E-state index contributed by atoms with van der Waals surface area (Å²) in [5.74, 6) is 0. The molecule has 0 amide bonds. The Balaban J connectivity index is 0.00000169. The summed E-state index contributed by atoms with van der Waals surface area (Å²) < 4.78 is 31.8. The van der Waals surface area contributed by atoms with Gasteiger partial charge in [-0.1, -0.05) is 11.6 Å². The third kappa shape index (κ3) is 3.34. The zero-order valence-electron chi connectivity index (χ0n) is 7.23. The summed E-state index contributed by atoms with van der Waals surface area (Å²) in [6.45, 7) is 0. The first-order valence-corrected chi connectivity index (χ1v) is 4.94. The van der Waals surface area contributed by atoms with E-state index in [1.54, 1.807) is 0 Å². The molecule has 0 saturated heterocycles. The zero-order valence-corrected chi connectivity index (χ0v) is 10.8. The number of carbonyl (C=O) groups excluding carboxylic acids is 1. The van der Waals surface area contributed by atoms with Gasteiger partial charge in [-0.3, -0.25) is 4.79 Å². The first-order valence-electron chi connectivity index (χ1n) is 3.16. The molecule has 14 heavy (non-hydrogen) atoms. The van der Waals surface area contributed by atoms with Gasteiger partial charge in [-0.2, -0.15) is 0 Å². The Hall–Kier alpha value is 0.0900. The van der Waals surface area contributed by atoms with E-state index in [1.165, 1.54) is 12.1 Å². The van der Waals surface area contributed by atoms with Gasteiger partial charge in [-0.15, -0.1) is 0 Å². The summed E-state index contributed by atoms with van der Waals surface area (Å²) in [5.41, 5.74) is -0.181. The number of halogens is 1. The third-order valence-corrected chi connectivity index (χ3v) is 2.50. The number of benzene rings is 1. The van der Waals surface area contributed by atoms with E-state index in [9.17, 15) is 17.8 Å². The van der Waals surface area contributed by atoms with Gasteiger partial charge in [0.05, 0.1) is 4.90 Å². The molecule has 0 spiro atoms. The normalized spacial score (nSPS) is 10.4. The minimum absolute atomic E-state index is 0. The smallest absolute Gasteiger partial charge is 0.744 e. The molecule has 0 aliphatic heterocycles. The molecule has 0 aliphatic rings.